The van der Waals surface area contributed by atoms with E-state index in [1.807, 2.05) is 35.0 Å². The van der Waals surface area contributed by atoms with Gasteiger partial charge in [0.25, 0.3) is 0 Å². The van der Waals surface area contributed by atoms with Crippen molar-refractivity contribution in [3.05, 3.63) is 52.5 Å². The third-order valence-corrected chi connectivity index (χ3v) is 3.22. The number of Topliss-reactive ketones (excluding diaryl/α,β-unsaturated/α-hetero) is 1. The molecule has 0 aliphatic carbocycles. The summed E-state index contributed by atoms with van der Waals surface area (Å²) in [5.41, 5.74) is 0.716. The van der Waals surface area contributed by atoms with Crippen molar-refractivity contribution >= 4 is 21.7 Å². The molecule has 0 aliphatic heterocycles. The minimum atomic E-state index is 0.0937. The second-order valence-electron chi connectivity index (χ2n) is 4.50. The molecule has 0 fully saturated rings. The van der Waals surface area contributed by atoms with Crippen LogP contribution < -0.4 is 0 Å². The Hall–Kier alpha value is -1.42. The number of nitrogens with zero attached hydrogens (tertiary/aromatic N) is 2. The number of hydrogen-bond donors (Lipinski definition) is 0. The Labute approximate surface area is 115 Å². The van der Waals surface area contributed by atoms with Crippen molar-refractivity contribution in [1.29, 1.82) is 0 Å². The lowest BCUT2D eigenvalue weighted by Gasteiger charge is -2.09. The van der Waals surface area contributed by atoms with Crippen molar-refractivity contribution in [1.82, 2.24) is 9.55 Å². The topological polar surface area (TPSA) is 34.9 Å². The summed E-state index contributed by atoms with van der Waals surface area (Å²) in [4.78, 5) is 16.5. The van der Waals surface area contributed by atoms with Gasteiger partial charge in [0, 0.05) is 28.3 Å². The molecule has 0 saturated carbocycles. The maximum Gasteiger partial charge on any atom is 0.182 e. The summed E-state index contributed by atoms with van der Waals surface area (Å²) in [5, 5.41) is 0. The van der Waals surface area contributed by atoms with E-state index in [9.17, 15) is 4.79 Å². The summed E-state index contributed by atoms with van der Waals surface area (Å²) in [6, 6.07) is 7.45. The molecule has 94 valence electrons. The first-order valence-corrected chi connectivity index (χ1v) is 6.67. The number of halogens is 1. The molecule has 0 spiro atoms. The van der Waals surface area contributed by atoms with Gasteiger partial charge in [-0.3, -0.25) is 4.79 Å². The summed E-state index contributed by atoms with van der Waals surface area (Å²) >= 11 is 3.37. The third-order valence-electron chi connectivity index (χ3n) is 2.72. The molecule has 0 N–H and O–H groups in total. The first kappa shape index (κ1) is 13.0. The predicted molar refractivity (Wildman–Crippen MR) is 74.8 cm³/mol. The number of benzene rings is 1. The Bertz CT molecular complexity index is 560. The summed E-state index contributed by atoms with van der Waals surface area (Å²) in [7, 11) is 0. The second-order valence-corrected chi connectivity index (χ2v) is 5.42. The van der Waals surface area contributed by atoms with E-state index < -0.39 is 0 Å². The Kier molecular flexibility index (Phi) is 3.97. The van der Waals surface area contributed by atoms with Crippen LogP contribution in [0.25, 0.3) is 0 Å². The minimum Gasteiger partial charge on any atom is -0.327 e. The van der Waals surface area contributed by atoms with E-state index >= 15 is 0 Å². The average molecular weight is 307 g/mol. The van der Waals surface area contributed by atoms with Crippen molar-refractivity contribution in [2.45, 2.75) is 26.3 Å². The highest BCUT2D eigenvalue weighted by Gasteiger charge is 2.12. The highest BCUT2D eigenvalue weighted by Crippen LogP contribution is 2.15. The van der Waals surface area contributed by atoms with Crippen molar-refractivity contribution in [3.63, 3.8) is 0 Å². The maximum atomic E-state index is 12.2. The van der Waals surface area contributed by atoms with E-state index in [4.69, 9.17) is 0 Å². The molecule has 0 radical (unpaired) electrons. The molecule has 1 aromatic heterocycles. The molecule has 3 nitrogen and oxygen atoms in total. The second kappa shape index (κ2) is 5.48. The quantitative estimate of drug-likeness (QED) is 0.808. The van der Waals surface area contributed by atoms with Crippen molar-refractivity contribution in [2.75, 3.05) is 0 Å². The molecule has 1 heterocycles. The van der Waals surface area contributed by atoms with Crippen molar-refractivity contribution < 1.29 is 4.79 Å². The zero-order valence-corrected chi connectivity index (χ0v) is 12.0. The van der Waals surface area contributed by atoms with Crippen LogP contribution in [0.2, 0.25) is 0 Å². The van der Waals surface area contributed by atoms with Gasteiger partial charge in [0.15, 0.2) is 5.78 Å². The molecule has 0 unspecified atom stereocenters. The predicted octanol–water partition coefficient (Wildman–Crippen LogP) is 3.65. The van der Waals surface area contributed by atoms with Gasteiger partial charge in [0.2, 0.25) is 0 Å². The van der Waals surface area contributed by atoms with E-state index in [1.54, 1.807) is 6.20 Å². The summed E-state index contributed by atoms with van der Waals surface area (Å²) in [6.45, 7) is 4.48. The molecule has 1 aromatic carbocycles. The molecule has 0 saturated heterocycles. The normalized spacial score (nSPS) is 10.9. The number of imidazole rings is 1. The molecule has 2 rings (SSSR count). The zero-order valence-electron chi connectivity index (χ0n) is 10.4. The molecule has 2 aromatic rings. The molecular weight excluding hydrogens is 292 g/mol. The lowest BCUT2D eigenvalue weighted by molar-refractivity contribution is 0.0970. The first-order valence-electron chi connectivity index (χ1n) is 5.87. The Morgan fingerprint density at radius 3 is 2.89 bits per heavy atom. The van der Waals surface area contributed by atoms with Gasteiger partial charge < -0.3 is 4.57 Å². The smallest absolute Gasteiger partial charge is 0.182 e. The fourth-order valence-corrected chi connectivity index (χ4v) is 2.26. The van der Waals surface area contributed by atoms with Crippen LogP contribution in [0.15, 0.2) is 41.1 Å². The van der Waals surface area contributed by atoms with Crippen LogP contribution in [0.5, 0.6) is 0 Å². The van der Waals surface area contributed by atoms with Crippen LogP contribution in [-0.4, -0.2) is 15.3 Å². The minimum absolute atomic E-state index is 0.0937. The fraction of sp³-hybridized carbons (Fsp3) is 0.286. The van der Waals surface area contributed by atoms with Gasteiger partial charge in [-0.15, -0.1) is 0 Å². The SMILES string of the molecule is CC(C)c1nccn1CC(=O)c1cccc(Br)c1. The highest BCUT2D eigenvalue weighted by atomic mass is 79.9. The van der Waals surface area contributed by atoms with E-state index in [0.717, 1.165) is 10.3 Å². The van der Waals surface area contributed by atoms with Gasteiger partial charge in [0.05, 0.1) is 6.54 Å². The standard InChI is InChI=1S/C14H15BrN2O/c1-10(2)14-16-6-7-17(14)9-13(18)11-4-3-5-12(15)8-11/h3-8,10H,9H2,1-2H3. The number of carbonyl (C=O) groups excluding carboxylic acids is 1. The Morgan fingerprint density at radius 1 is 1.44 bits per heavy atom. The average Bonchev–Trinajstić information content (AvgIpc) is 2.77. The van der Waals surface area contributed by atoms with Crippen molar-refractivity contribution in [3.8, 4) is 0 Å². The number of aromatic nitrogens is 2. The van der Waals surface area contributed by atoms with Crippen LogP contribution in [0, 0.1) is 0 Å². The Morgan fingerprint density at radius 2 is 2.22 bits per heavy atom. The molecule has 0 aliphatic rings. The molecule has 18 heavy (non-hydrogen) atoms. The van der Waals surface area contributed by atoms with Crippen LogP contribution >= 0.6 is 15.9 Å². The summed E-state index contributed by atoms with van der Waals surface area (Å²) < 4.78 is 2.83. The molecular formula is C14H15BrN2O. The van der Waals surface area contributed by atoms with E-state index in [1.165, 1.54) is 0 Å². The zero-order chi connectivity index (χ0) is 13.1. The molecule has 0 atom stereocenters. The van der Waals surface area contributed by atoms with Gasteiger partial charge in [-0.1, -0.05) is 41.9 Å². The van der Waals surface area contributed by atoms with Crippen LogP contribution in [0.3, 0.4) is 0 Å². The van der Waals surface area contributed by atoms with Gasteiger partial charge in [-0.2, -0.15) is 0 Å². The van der Waals surface area contributed by atoms with Crippen molar-refractivity contribution in [2.24, 2.45) is 0 Å². The summed E-state index contributed by atoms with van der Waals surface area (Å²) in [6.07, 6.45) is 3.59. The number of carbonyl (C=O) groups is 1. The number of hydrogen-bond acceptors (Lipinski definition) is 2. The monoisotopic (exact) mass is 306 g/mol. The number of ketones is 1. The fourth-order valence-electron chi connectivity index (χ4n) is 1.86. The van der Waals surface area contributed by atoms with Gasteiger partial charge >= 0.3 is 0 Å². The van der Waals surface area contributed by atoms with Gasteiger partial charge in [-0.05, 0) is 12.1 Å². The van der Waals surface area contributed by atoms with E-state index in [2.05, 4.69) is 34.8 Å². The van der Waals surface area contributed by atoms with E-state index in [0.29, 0.717) is 18.0 Å². The lowest BCUT2D eigenvalue weighted by atomic mass is 10.1. The maximum absolute atomic E-state index is 12.2. The van der Waals surface area contributed by atoms with Crippen LogP contribution in [0.4, 0.5) is 0 Å². The van der Waals surface area contributed by atoms with Crippen LogP contribution in [0.1, 0.15) is 35.9 Å². The van der Waals surface area contributed by atoms with Gasteiger partial charge in [0.1, 0.15) is 5.82 Å². The largest absolute Gasteiger partial charge is 0.327 e. The molecule has 4 heteroatoms. The lowest BCUT2D eigenvalue weighted by Crippen LogP contribution is -2.13. The first-order chi connectivity index (χ1) is 8.58. The summed E-state index contributed by atoms with van der Waals surface area (Å²) in [5.74, 6) is 1.35. The molecule has 0 bridgehead atoms. The third kappa shape index (κ3) is 2.88. The Balaban J connectivity index is 2.19. The van der Waals surface area contributed by atoms with Crippen LogP contribution in [-0.2, 0) is 6.54 Å². The molecule has 0 amide bonds. The van der Waals surface area contributed by atoms with E-state index in [-0.39, 0.29) is 5.78 Å². The number of rotatable bonds is 4. The highest BCUT2D eigenvalue weighted by molar-refractivity contribution is 9.10. The van der Waals surface area contributed by atoms with Gasteiger partial charge in [-0.25, -0.2) is 4.98 Å².